The summed E-state index contributed by atoms with van der Waals surface area (Å²) in [4.78, 5) is 4.55. The summed E-state index contributed by atoms with van der Waals surface area (Å²) in [5.41, 5.74) is 8.58. The highest BCUT2D eigenvalue weighted by Crippen LogP contribution is 2.43. The summed E-state index contributed by atoms with van der Waals surface area (Å²) in [6.45, 7) is 5.90. The number of imidazole rings is 1. The van der Waals surface area contributed by atoms with Gasteiger partial charge in [-0.05, 0) is 43.7 Å². The summed E-state index contributed by atoms with van der Waals surface area (Å²) in [6, 6.07) is 6.09. The van der Waals surface area contributed by atoms with Crippen LogP contribution in [-0.2, 0) is 6.54 Å². The Balaban J connectivity index is 2.02. The lowest BCUT2D eigenvalue weighted by atomic mass is 9.83. The van der Waals surface area contributed by atoms with E-state index in [1.165, 1.54) is 32.1 Å². The van der Waals surface area contributed by atoms with E-state index in [4.69, 9.17) is 10.5 Å². The Morgan fingerprint density at radius 2 is 2.05 bits per heavy atom. The maximum absolute atomic E-state index is 6.21. The molecule has 4 nitrogen and oxygen atoms in total. The number of aromatic nitrogens is 2. The van der Waals surface area contributed by atoms with Crippen molar-refractivity contribution in [2.75, 3.05) is 12.3 Å². The van der Waals surface area contributed by atoms with E-state index in [0.717, 1.165) is 23.3 Å². The summed E-state index contributed by atoms with van der Waals surface area (Å²) >= 11 is 0. The van der Waals surface area contributed by atoms with Gasteiger partial charge in [0.15, 0.2) is 0 Å². The normalized spacial score (nSPS) is 17.4. The number of hydrogen-bond acceptors (Lipinski definition) is 3. The Labute approximate surface area is 126 Å². The summed E-state index contributed by atoms with van der Waals surface area (Å²) < 4.78 is 7.86. The van der Waals surface area contributed by atoms with Gasteiger partial charge >= 0.3 is 0 Å². The summed E-state index contributed by atoms with van der Waals surface area (Å²) in [5.74, 6) is 1.44. The standard InChI is InChI=1S/C17H25N3O/c1-3-17(10-5-6-11-17)12-20-13-8-7-9-14(21-4-2)15(13)19-16(20)18/h7-9H,3-6,10-12H2,1-2H3,(H2,18,19). The summed E-state index contributed by atoms with van der Waals surface area (Å²) in [5, 5.41) is 0. The van der Waals surface area contributed by atoms with E-state index < -0.39 is 0 Å². The number of benzene rings is 1. The molecule has 2 N–H and O–H groups in total. The summed E-state index contributed by atoms with van der Waals surface area (Å²) in [6.07, 6.45) is 6.48. The monoisotopic (exact) mass is 287 g/mol. The highest BCUT2D eigenvalue weighted by atomic mass is 16.5. The maximum atomic E-state index is 6.21. The predicted molar refractivity (Wildman–Crippen MR) is 86.5 cm³/mol. The number of nitrogens with zero attached hydrogens (tertiary/aromatic N) is 2. The zero-order valence-electron chi connectivity index (χ0n) is 13.1. The number of nitrogen functional groups attached to an aromatic ring is 1. The molecule has 3 rings (SSSR count). The van der Waals surface area contributed by atoms with Crippen molar-refractivity contribution in [1.82, 2.24) is 9.55 Å². The number of anilines is 1. The van der Waals surface area contributed by atoms with Crippen molar-refractivity contribution in [2.24, 2.45) is 5.41 Å². The zero-order valence-corrected chi connectivity index (χ0v) is 13.1. The van der Waals surface area contributed by atoms with Gasteiger partial charge in [-0.15, -0.1) is 0 Å². The van der Waals surface area contributed by atoms with E-state index in [1.54, 1.807) is 0 Å². The molecule has 1 aliphatic carbocycles. The van der Waals surface area contributed by atoms with Gasteiger partial charge in [0.05, 0.1) is 12.1 Å². The molecule has 1 saturated carbocycles. The lowest BCUT2D eigenvalue weighted by Gasteiger charge is -2.28. The van der Waals surface area contributed by atoms with Crippen LogP contribution in [0, 0.1) is 5.41 Å². The molecule has 1 heterocycles. The molecule has 1 aromatic heterocycles. The Morgan fingerprint density at radius 1 is 1.29 bits per heavy atom. The molecule has 1 aliphatic rings. The van der Waals surface area contributed by atoms with Gasteiger partial charge in [0.25, 0.3) is 0 Å². The molecule has 0 radical (unpaired) electrons. The average molecular weight is 287 g/mol. The minimum atomic E-state index is 0.392. The number of fused-ring (bicyclic) bond motifs is 1. The fraction of sp³-hybridized carbons (Fsp3) is 0.588. The van der Waals surface area contributed by atoms with E-state index >= 15 is 0 Å². The van der Waals surface area contributed by atoms with E-state index in [2.05, 4.69) is 22.5 Å². The second-order valence-electron chi connectivity index (χ2n) is 6.17. The van der Waals surface area contributed by atoms with Crippen molar-refractivity contribution >= 4 is 17.0 Å². The number of ether oxygens (including phenoxy) is 1. The minimum absolute atomic E-state index is 0.392. The van der Waals surface area contributed by atoms with Gasteiger partial charge in [-0.2, -0.15) is 0 Å². The molecule has 114 valence electrons. The molecule has 1 aromatic carbocycles. The number of para-hydroxylation sites is 1. The van der Waals surface area contributed by atoms with Crippen LogP contribution in [0.15, 0.2) is 18.2 Å². The van der Waals surface area contributed by atoms with E-state index in [1.807, 2.05) is 19.1 Å². The second kappa shape index (κ2) is 5.58. The smallest absolute Gasteiger partial charge is 0.201 e. The first-order valence-corrected chi connectivity index (χ1v) is 8.06. The number of hydrogen-bond donors (Lipinski definition) is 1. The fourth-order valence-electron chi connectivity index (χ4n) is 3.66. The first-order valence-electron chi connectivity index (χ1n) is 8.06. The van der Waals surface area contributed by atoms with Gasteiger partial charge in [0.1, 0.15) is 11.3 Å². The van der Waals surface area contributed by atoms with Crippen LogP contribution in [0.1, 0.15) is 46.0 Å². The topological polar surface area (TPSA) is 53.1 Å². The quantitative estimate of drug-likeness (QED) is 0.904. The molecule has 4 heteroatoms. The molecule has 0 bridgehead atoms. The van der Waals surface area contributed by atoms with E-state index in [9.17, 15) is 0 Å². The molecule has 0 spiro atoms. The third-order valence-corrected chi connectivity index (χ3v) is 4.98. The minimum Gasteiger partial charge on any atom is -0.492 e. The van der Waals surface area contributed by atoms with Gasteiger partial charge in [-0.25, -0.2) is 4.98 Å². The largest absolute Gasteiger partial charge is 0.492 e. The Hall–Kier alpha value is -1.71. The average Bonchev–Trinajstić information content (AvgIpc) is 3.07. The molecule has 0 amide bonds. The zero-order chi connectivity index (χ0) is 14.9. The van der Waals surface area contributed by atoms with Crippen LogP contribution in [0.4, 0.5) is 5.95 Å². The van der Waals surface area contributed by atoms with Gasteiger partial charge in [0, 0.05) is 6.54 Å². The van der Waals surface area contributed by atoms with Crippen molar-refractivity contribution in [3.63, 3.8) is 0 Å². The third-order valence-electron chi connectivity index (χ3n) is 4.98. The van der Waals surface area contributed by atoms with Crippen LogP contribution in [0.3, 0.4) is 0 Å². The summed E-state index contributed by atoms with van der Waals surface area (Å²) in [7, 11) is 0. The molecule has 0 atom stereocenters. The van der Waals surface area contributed by atoms with Gasteiger partial charge in [-0.1, -0.05) is 25.8 Å². The van der Waals surface area contributed by atoms with Crippen LogP contribution in [0.2, 0.25) is 0 Å². The van der Waals surface area contributed by atoms with Gasteiger partial charge < -0.3 is 15.0 Å². The van der Waals surface area contributed by atoms with Crippen molar-refractivity contribution in [2.45, 2.75) is 52.5 Å². The molecule has 21 heavy (non-hydrogen) atoms. The van der Waals surface area contributed by atoms with Crippen LogP contribution in [0.25, 0.3) is 11.0 Å². The lowest BCUT2D eigenvalue weighted by Crippen LogP contribution is -2.23. The number of nitrogens with two attached hydrogens (primary N) is 1. The molecular formula is C17H25N3O. The van der Waals surface area contributed by atoms with Crippen LogP contribution < -0.4 is 10.5 Å². The Morgan fingerprint density at radius 3 is 2.71 bits per heavy atom. The Bertz CT molecular complexity index is 626. The first-order chi connectivity index (χ1) is 10.2. The van der Waals surface area contributed by atoms with Crippen molar-refractivity contribution in [1.29, 1.82) is 0 Å². The van der Waals surface area contributed by atoms with Crippen LogP contribution in [0.5, 0.6) is 5.75 Å². The molecule has 0 unspecified atom stereocenters. The van der Waals surface area contributed by atoms with Crippen LogP contribution >= 0.6 is 0 Å². The SMILES string of the molecule is CCOc1cccc2c1nc(N)n2CC1(CC)CCCC1. The lowest BCUT2D eigenvalue weighted by molar-refractivity contribution is 0.242. The van der Waals surface area contributed by atoms with Crippen molar-refractivity contribution < 1.29 is 4.74 Å². The number of rotatable bonds is 5. The first kappa shape index (κ1) is 14.2. The molecule has 0 aliphatic heterocycles. The molecular weight excluding hydrogens is 262 g/mol. The second-order valence-corrected chi connectivity index (χ2v) is 6.17. The molecule has 2 aromatic rings. The maximum Gasteiger partial charge on any atom is 0.201 e. The van der Waals surface area contributed by atoms with Crippen molar-refractivity contribution in [3.8, 4) is 5.75 Å². The van der Waals surface area contributed by atoms with E-state index in [-0.39, 0.29) is 0 Å². The molecule has 1 fully saturated rings. The van der Waals surface area contributed by atoms with Crippen molar-refractivity contribution in [3.05, 3.63) is 18.2 Å². The van der Waals surface area contributed by atoms with Gasteiger partial charge in [-0.3, -0.25) is 0 Å². The van der Waals surface area contributed by atoms with Crippen LogP contribution in [-0.4, -0.2) is 16.2 Å². The highest BCUT2D eigenvalue weighted by Gasteiger charge is 2.33. The highest BCUT2D eigenvalue weighted by molar-refractivity contribution is 5.84. The molecule has 0 saturated heterocycles. The predicted octanol–water partition coefficient (Wildman–Crippen LogP) is 3.99. The third kappa shape index (κ3) is 2.47. The van der Waals surface area contributed by atoms with E-state index in [0.29, 0.717) is 18.0 Å². The fourth-order valence-corrected chi connectivity index (χ4v) is 3.66. The van der Waals surface area contributed by atoms with Gasteiger partial charge in [0.2, 0.25) is 5.95 Å². The Kier molecular flexibility index (Phi) is 3.79.